The highest BCUT2D eigenvalue weighted by atomic mass is 36.1. The van der Waals surface area contributed by atoms with Gasteiger partial charge in [0.15, 0.2) is 0 Å². The van der Waals surface area contributed by atoms with E-state index in [9.17, 15) is 13.9 Å². The van der Waals surface area contributed by atoms with Crippen LogP contribution in [0.5, 0.6) is 0 Å². The SMILES string of the molecule is CN(C)C=O.O=P(Cl)(Cl)Cl.O=P(Cl)(Cl)Cl. The predicted molar refractivity (Wildman–Crippen MR) is 70.1 cm³/mol. The summed E-state index contributed by atoms with van der Waals surface area (Å²) in [6.07, 6.45) is 0.750. The summed E-state index contributed by atoms with van der Waals surface area (Å²) in [5.41, 5.74) is 0. The molecule has 0 bridgehead atoms. The Morgan fingerprint density at radius 2 is 0.933 bits per heavy atom. The Morgan fingerprint density at radius 1 is 0.867 bits per heavy atom. The van der Waals surface area contributed by atoms with Crippen molar-refractivity contribution >= 4 is 84.3 Å². The Balaban J connectivity index is -0.000000144. The topological polar surface area (TPSA) is 54.5 Å². The normalized spacial score (nSPS) is 10.1. The van der Waals surface area contributed by atoms with Crippen molar-refractivity contribution in [1.82, 2.24) is 4.90 Å². The molecule has 0 aliphatic carbocycles. The Hall–Kier alpha value is 1.67. The highest BCUT2D eigenvalue weighted by Gasteiger charge is 2.03. The van der Waals surface area contributed by atoms with Crippen molar-refractivity contribution in [3.63, 3.8) is 0 Å². The van der Waals surface area contributed by atoms with Crippen molar-refractivity contribution in [3.05, 3.63) is 0 Å². The maximum atomic E-state index is 9.51. The minimum Gasteiger partial charge on any atom is -0.351 e. The molecule has 4 nitrogen and oxygen atoms in total. The highest BCUT2D eigenvalue weighted by Crippen LogP contribution is 2.61. The fourth-order valence-corrected chi connectivity index (χ4v) is 0. The molecule has 0 radical (unpaired) electrons. The monoisotopic (exact) mass is 377 g/mol. The summed E-state index contributed by atoms with van der Waals surface area (Å²) in [6, 6.07) is 0. The molecule has 94 valence electrons. The smallest absolute Gasteiger partial charge is 0.339 e. The molecule has 15 heavy (non-hydrogen) atoms. The number of nitrogens with zero attached hydrogens (tertiary/aromatic N) is 1. The van der Waals surface area contributed by atoms with E-state index in [1.807, 2.05) is 0 Å². The fraction of sp³-hybridized carbons (Fsp3) is 0.667. The lowest BCUT2D eigenvalue weighted by Crippen LogP contribution is -2.06. The molecule has 0 saturated carbocycles. The van der Waals surface area contributed by atoms with Gasteiger partial charge >= 0.3 is 10.4 Å². The van der Waals surface area contributed by atoms with Crippen molar-refractivity contribution in [2.45, 2.75) is 0 Å². The van der Waals surface area contributed by atoms with E-state index in [1.165, 1.54) is 4.90 Å². The molecule has 12 heteroatoms. The zero-order chi connectivity index (χ0) is 13.3. The average Bonchev–Trinajstić information content (AvgIpc) is 1.79. The number of hydrogen-bond donors (Lipinski definition) is 0. The molecule has 0 heterocycles. The molecule has 0 N–H and O–H groups in total. The summed E-state index contributed by atoms with van der Waals surface area (Å²) in [5.74, 6) is 0. The molecule has 1 amide bonds. The fourth-order valence-electron chi connectivity index (χ4n) is 0. The lowest BCUT2D eigenvalue weighted by atomic mass is 11.0. The third-order valence-corrected chi connectivity index (χ3v) is 0.211. The Morgan fingerprint density at radius 3 is 0.933 bits per heavy atom. The first kappa shape index (κ1) is 21.9. The number of halogens is 6. The van der Waals surface area contributed by atoms with Crippen molar-refractivity contribution in [3.8, 4) is 0 Å². The molecule has 0 saturated heterocycles. The maximum Gasteiger partial charge on any atom is 0.339 e. The van der Waals surface area contributed by atoms with Crippen LogP contribution in [0.3, 0.4) is 0 Å². The molecule has 0 rings (SSSR count). The average molecular weight is 380 g/mol. The van der Waals surface area contributed by atoms with Crippen LogP contribution in [0.2, 0.25) is 0 Å². The summed E-state index contributed by atoms with van der Waals surface area (Å²) in [5, 5.41) is -6.44. The molecule has 0 aromatic carbocycles. The van der Waals surface area contributed by atoms with Gasteiger partial charge in [-0.1, -0.05) is 0 Å². The molecule has 0 aliphatic heterocycles. The lowest BCUT2D eigenvalue weighted by Gasteiger charge is -1.93. The van der Waals surface area contributed by atoms with Crippen LogP contribution in [0.1, 0.15) is 0 Å². The maximum absolute atomic E-state index is 9.51. The predicted octanol–water partition coefficient (Wildman–Crippen LogP) is 5.33. The standard InChI is InChI=1S/C3H7NO.2Cl3OP/c1-4(2)3-5;2*1-5(2,3)4/h3H,1-2H3;;. The zero-order valence-electron chi connectivity index (χ0n) is 7.41. The molecule has 0 spiro atoms. The van der Waals surface area contributed by atoms with E-state index in [0.29, 0.717) is 0 Å². The Labute approximate surface area is 117 Å². The number of hydrogen-bond acceptors (Lipinski definition) is 3. The van der Waals surface area contributed by atoms with Gasteiger partial charge in [-0.15, -0.1) is 0 Å². The Bertz CT molecular complexity index is 211. The number of rotatable bonds is 1. The molecule has 0 aromatic rings. The largest absolute Gasteiger partial charge is 0.351 e. The minimum atomic E-state index is -3.22. The second-order valence-corrected chi connectivity index (χ2v) is 15.1. The van der Waals surface area contributed by atoms with E-state index < -0.39 is 10.4 Å². The van der Waals surface area contributed by atoms with Crippen LogP contribution in [0.4, 0.5) is 0 Å². The van der Waals surface area contributed by atoms with E-state index in [2.05, 4.69) is 67.4 Å². The van der Waals surface area contributed by atoms with Crippen LogP contribution >= 0.6 is 77.8 Å². The third-order valence-electron chi connectivity index (χ3n) is 0.211. The first-order valence-corrected chi connectivity index (χ1v) is 11.6. The second kappa shape index (κ2) is 10.8. The van der Waals surface area contributed by atoms with Gasteiger partial charge in [0.1, 0.15) is 0 Å². The molecule has 0 aliphatic rings. The summed E-state index contributed by atoms with van der Waals surface area (Å²) in [6.45, 7) is 0. The van der Waals surface area contributed by atoms with Gasteiger partial charge in [0.2, 0.25) is 6.41 Å². The van der Waals surface area contributed by atoms with Crippen LogP contribution in [0.25, 0.3) is 0 Å². The van der Waals surface area contributed by atoms with Crippen molar-refractivity contribution in [2.24, 2.45) is 0 Å². The van der Waals surface area contributed by atoms with Gasteiger partial charge in [-0.2, -0.15) is 0 Å². The van der Waals surface area contributed by atoms with Gasteiger partial charge < -0.3 is 4.90 Å². The van der Waals surface area contributed by atoms with E-state index in [0.717, 1.165) is 6.41 Å². The summed E-state index contributed by atoms with van der Waals surface area (Å²) < 4.78 is 19.0. The zero-order valence-corrected chi connectivity index (χ0v) is 13.7. The van der Waals surface area contributed by atoms with Gasteiger partial charge in [-0.05, 0) is 67.4 Å². The van der Waals surface area contributed by atoms with Crippen molar-refractivity contribution < 1.29 is 13.9 Å². The first-order chi connectivity index (χ1) is 6.27. The van der Waals surface area contributed by atoms with Gasteiger partial charge in [0.25, 0.3) is 0 Å². The molecular weight excluding hydrogens is 373 g/mol. The van der Waals surface area contributed by atoms with Crippen molar-refractivity contribution in [2.75, 3.05) is 14.1 Å². The molecule has 0 aromatic heterocycles. The molecule has 0 unspecified atom stereocenters. The minimum absolute atomic E-state index is 0.750. The highest BCUT2D eigenvalue weighted by molar-refractivity contribution is 8.25. The van der Waals surface area contributed by atoms with E-state index >= 15 is 0 Å². The molecule has 0 fully saturated rings. The molecular formula is C3H7Cl6NO3P2. The van der Waals surface area contributed by atoms with Crippen LogP contribution in [-0.4, -0.2) is 25.4 Å². The van der Waals surface area contributed by atoms with E-state index in [-0.39, 0.29) is 0 Å². The quantitative estimate of drug-likeness (QED) is 0.457. The van der Waals surface area contributed by atoms with Crippen molar-refractivity contribution in [1.29, 1.82) is 0 Å². The van der Waals surface area contributed by atoms with E-state index in [1.54, 1.807) is 14.1 Å². The first-order valence-electron chi connectivity index (χ1n) is 2.77. The van der Waals surface area contributed by atoms with Crippen LogP contribution < -0.4 is 0 Å². The van der Waals surface area contributed by atoms with E-state index in [4.69, 9.17) is 0 Å². The van der Waals surface area contributed by atoms with Gasteiger partial charge in [0.05, 0.1) is 0 Å². The van der Waals surface area contributed by atoms with Crippen LogP contribution in [0.15, 0.2) is 0 Å². The van der Waals surface area contributed by atoms with Gasteiger partial charge in [0, 0.05) is 14.1 Å². The number of carbonyl (C=O) groups excluding carboxylic acids is 1. The van der Waals surface area contributed by atoms with Crippen LogP contribution in [0, 0.1) is 0 Å². The summed E-state index contributed by atoms with van der Waals surface area (Å²) in [4.78, 5) is 10.9. The number of carbonyl (C=O) groups is 1. The van der Waals surface area contributed by atoms with Crippen LogP contribution in [-0.2, 0) is 13.9 Å². The number of amides is 1. The van der Waals surface area contributed by atoms with Gasteiger partial charge in [-0.3, -0.25) is 13.9 Å². The Kier molecular flexibility index (Phi) is 15.8. The third kappa shape index (κ3) is 217. The van der Waals surface area contributed by atoms with Gasteiger partial charge in [-0.25, -0.2) is 0 Å². The second-order valence-electron chi connectivity index (χ2n) is 1.87. The summed E-state index contributed by atoms with van der Waals surface area (Å²) >= 11 is 27.7. The molecule has 0 atom stereocenters. The lowest BCUT2D eigenvalue weighted by molar-refractivity contribution is -0.115. The summed E-state index contributed by atoms with van der Waals surface area (Å²) in [7, 11) is 3.38.